The molecule has 2 nitrogen and oxygen atoms in total. The summed E-state index contributed by atoms with van der Waals surface area (Å²) in [5.41, 5.74) is 0.983. The van der Waals surface area contributed by atoms with Gasteiger partial charge in [0, 0.05) is 12.2 Å². The first-order valence-corrected chi connectivity index (χ1v) is 4.91. The Morgan fingerprint density at radius 1 is 1.67 bits per heavy atom. The smallest absolute Gasteiger partial charge is 0.0952 e. The second-order valence-electron chi connectivity index (χ2n) is 3.68. The van der Waals surface area contributed by atoms with Crippen molar-refractivity contribution in [2.45, 2.75) is 31.7 Å². The molecule has 1 saturated carbocycles. The summed E-state index contributed by atoms with van der Waals surface area (Å²) in [6.07, 6.45) is 6.54. The summed E-state index contributed by atoms with van der Waals surface area (Å²) in [5.74, 6) is 1.41. The van der Waals surface area contributed by atoms with Crippen molar-refractivity contribution in [3.05, 3.63) is 18.2 Å². The topological polar surface area (TPSA) is 17.8 Å². The fourth-order valence-electron chi connectivity index (χ4n) is 1.75. The Morgan fingerprint density at radius 2 is 2.42 bits per heavy atom. The molecule has 2 rings (SSSR count). The number of hydrogen-bond acceptors (Lipinski definition) is 1. The van der Waals surface area contributed by atoms with Gasteiger partial charge in [-0.1, -0.05) is 6.92 Å². The minimum atomic E-state index is 0.523. The van der Waals surface area contributed by atoms with Gasteiger partial charge in [-0.15, -0.1) is 11.6 Å². The van der Waals surface area contributed by atoms with Crippen molar-refractivity contribution in [1.29, 1.82) is 0 Å². The Morgan fingerprint density at radius 3 is 2.92 bits per heavy atom. The van der Waals surface area contributed by atoms with Gasteiger partial charge >= 0.3 is 0 Å². The monoisotopic (exact) mass is 184 g/mol. The minimum absolute atomic E-state index is 0.523. The summed E-state index contributed by atoms with van der Waals surface area (Å²) >= 11 is 5.66. The molecule has 66 valence electrons. The molecular weight excluding hydrogens is 172 g/mol. The van der Waals surface area contributed by atoms with Gasteiger partial charge in [0.2, 0.25) is 0 Å². The van der Waals surface area contributed by atoms with Crippen molar-refractivity contribution < 1.29 is 0 Å². The highest BCUT2D eigenvalue weighted by Gasteiger charge is 2.26. The predicted octanol–water partition coefficient (Wildman–Crippen LogP) is 2.59. The Hall–Kier alpha value is -0.500. The van der Waals surface area contributed by atoms with Crippen LogP contribution >= 0.6 is 11.6 Å². The van der Waals surface area contributed by atoms with Gasteiger partial charge in [0.25, 0.3) is 0 Å². The average molecular weight is 185 g/mol. The van der Waals surface area contributed by atoms with Crippen LogP contribution in [0.4, 0.5) is 0 Å². The Bertz CT molecular complexity index is 263. The maximum absolute atomic E-state index is 5.66. The average Bonchev–Trinajstić information content (AvgIpc) is 2.46. The molecule has 12 heavy (non-hydrogen) atoms. The Kier molecular flexibility index (Phi) is 2.09. The van der Waals surface area contributed by atoms with Crippen molar-refractivity contribution in [1.82, 2.24) is 9.55 Å². The van der Waals surface area contributed by atoms with E-state index in [1.165, 1.54) is 12.8 Å². The maximum Gasteiger partial charge on any atom is 0.0952 e. The van der Waals surface area contributed by atoms with Crippen molar-refractivity contribution in [3.8, 4) is 0 Å². The number of nitrogens with zero attached hydrogens (tertiary/aromatic N) is 2. The van der Waals surface area contributed by atoms with Gasteiger partial charge in [0.05, 0.1) is 17.9 Å². The summed E-state index contributed by atoms with van der Waals surface area (Å²) in [6.45, 7) is 2.29. The number of imidazole rings is 1. The molecule has 0 bridgehead atoms. The maximum atomic E-state index is 5.66. The van der Waals surface area contributed by atoms with Crippen LogP contribution in [0, 0.1) is 5.92 Å². The van der Waals surface area contributed by atoms with E-state index >= 15 is 0 Å². The number of aromatic nitrogens is 2. The molecule has 1 aliphatic carbocycles. The lowest BCUT2D eigenvalue weighted by atomic mass is 9.82. The normalized spacial score (nSPS) is 28.5. The van der Waals surface area contributed by atoms with Gasteiger partial charge < -0.3 is 4.57 Å². The van der Waals surface area contributed by atoms with Crippen LogP contribution in [0.5, 0.6) is 0 Å². The molecular formula is C9H13ClN2. The Balaban J connectivity index is 2.04. The van der Waals surface area contributed by atoms with Crippen LogP contribution in [0.15, 0.2) is 12.5 Å². The quantitative estimate of drug-likeness (QED) is 0.647. The van der Waals surface area contributed by atoms with Crippen molar-refractivity contribution in [2.24, 2.45) is 5.92 Å². The molecule has 3 heteroatoms. The fourth-order valence-corrected chi connectivity index (χ4v) is 1.89. The standard InChI is InChI=1S/C9H13ClN2/c1-7-2-9(3-7)12-5-8(4-10)11-6-12/h5-7,9H,2-4H2,1H3. The van der Waals surface area contributed by atoms with E-state index in [9.17, 15) is 0 Å². The highest BCUT2D eigenvalue weighted by atomic mass is 35.5. The third kappa shape index (κ3) is 1.36. The molecule has 0 atom stereocenters. The third-order valence-corrected chi connectivity index (χ3v) is 2.84. The predicted molar refractivity (Wildman–Crippen MR) is 49.2 cm³/mol. The summed E-state index contributed by atoms with van der Waals surface area (Å²) < 4.78 is 2.19. The van der Waals surface area contributed by atoms with Crippen molar-refractivity contribution in [2.75, 3.05) is 0 Å². The summed E-state index contributed by atoms with van der Waals surface area (Å²) in [6, 6.07) is 0.685. The van der Waals surface area contributed by atoms with Gasteiger partial charge in [-0.05, 0) is 18.8 Å². The molecule has 0 unspecified atom stereocenters. The fraction of sp³-hybridized carbons (Fsp3) is 0.667. The molecule has 0 aliphatic heterocycles. The Labute approximate surface area is 77.6 Å². The van der Waals surface area contributed by atoms with Gasteiger partial charge in [-0.3, -0.25) is 0 Å². The van der Waals surface area contributed by atoms with Crippen LogP contribution < -0.4 is 0 Å². The van der Waals surface area contributed by atoms with Crippen molar-refractivity contribution >= 4 is 11.6 Å². The van der Waals surface area contributed by atoms with E-state index in [0.717, 1.165) is 11.6 Å². The molecule has 0 aromatic carbocycles. The SMILES string of the molecule is CC1CC(n2cnc(CCl)c2)C1. The zero-order valence-corrected chi connectivity index (χ0v) is 7.96. The lowest BCUT2D eigenvalue weighted by molar-refractivity contribution is 0.216. The highest BCUT2D eigenvalue weighted by Crippen LogP contribution is 2.36. The van der Waals surface area contributed by atoms with Gasteiger partial charge in [0.1, 0.15) is 0 Å². The first-order valence-electron chi connectivity index (χ1n) is 4.38. The minimum Gasteiger partial charge on any atom is -0.334 e. The molecule has 0 spiro atoms. The highest BCUT2D eigenvalue weighted by molar-refractivity contribution is 6.16. The first-order chi connectivity index (χ1) is 5.79. The molecule has 1 heterocycles. The first kappa shape index (κ1) is 8.11. The zero-order chi connectivity index (χ0) is 8.55. The van der Waals surface area contributed by atoms with E-state index in [0.29, 0.717) is 11.9 Å². The molecule has 0 radical (unpaired) electrons. The van der Waals surface area contributed by atoms with E-state index in [1.54, 1.807) is 0 Å². The van der Waals surface area contributed by atoms with E-state index in [2.05, 4.69) is 22.7 Å². The summed E-state index contributed by atoms with van der Waals surface area (Å²) in [7, 11) is 0. The molecule has 0 N–H and O–H groups in total. The lowest BCUT2D eigenvalue weighted by Crippen LogP contribution is -2.23. The second kappa shape index (κ2) is 3.09. The summed E-state index contributed by atoms with van der Waals surface area (Å²) in [5, 5.41) is 0. The molecule has 1 aliphatic rings. The van der Waals surface area contributed by atoms with Crippen LogP contribution in [0.1, 0.15) is 31.5 Å². The molecule has 0 saturated heterocycles. The van der Waals surface area contributed by atoms with Gasteiger partial charge in [-0.2, -0.15) is 0 Å². The summed E-state index contributed by atoms with van der Waals surface area (Å²) in [4.78, 5) is 4.19. The van der Waals surface area contributed by atoms with E-state index in [-0.39, 0.29) is 0 Å². The number of halogens is 1. The van der Waals surface area contributed by atoms with Crippen molar-refractivity contribution in [3.63, 3.8) is 0 Å². The van der Waals surface area contributed by atoms with Crippen LogP contribution in [-0.4, -0.2) is 9.55 Å². The molecule has 1 fully saturated rings. The number of rotatable bonds is 2. The third-order valence-electron chi connectivity index (χ3n) is 2.56. The van der Waals surface area contributed by atoms with E-state index in [4.69, 9.17) is 11.6 Å². The van der Waals surface area contributed by atoms with Gasteiger partial charge in [0.15, 0.2) is 0 Å². The number of hydrogen-bond donors (Lipinski definition) is 0. The van der Waals surface area contributed by atoms with Gasteiger partial charge in [-0.25, -0.2) is 4.98 Å². The lowest BCUT2D eigenvalue weighted by Gasteiger charge is -2.33. The van der Waals surface area contributed by atoms with E-state index < -0.39 is 0 Å². The molecule has 1 aromatic heterocycles. The van der Waals surface area contributed by atoms with Crippen LogP contribution in [-0.2, 0) is 5.88 Å². The molecule has 0 amide bonds. The van der Waals surface area contributed by atoms with E-state index in [1.807, 2.05) is 6.33 Å². The largest absolute Gasteiger partial charge is 0.334 e. The van der Waals surface area contributed by atoms with Crippen LogP contribution in [0.2, 0.25) is 0 Å². The second-order valence-corrected chi connectivity index (χ2v) is 3.94. The number of alkyl halides is 1. The van der Waals surface area contributed by atoms with Crippen LogP contribution in [0.3, 0.4) is 0 Å². The van der Waals surface area contributed by atoms with Crippen LogP contribution in [0.25, 0.3) is 0 Å². The zero-order valence-electron chi connectivity index (χ0n) is 7.20. The molecule has 1 aromatic rings.